The quantitative estimate of drug-likeness (QED) is 0.827. The van der Waals surface area contributed by atoms with Crippen LogP contribution >= 0.6 is 0 Å². The maximum absolute atomic E-state index is 6.47. The van der Waals surface area contributed by atoms with Crippen LogP contribution in [-0.4, -0.2) is 30.1 Å². The number of para-hydroxylation sites is 1. The van der Waals surface area contributed by atoms with Gasteiger partial charge in [0.2, 0.25) is 0 Å². The molecule has 1 heterocycles. The zero-order chi connectivity index (χ0) is 15.4. The molecule has 21 heavy (non-hydrogen) atoms. The standard InChI is InChI=1S/C16H23N3O2/c1-11-15(12(2)19(3)18-11)16(17)13-7-5-6-8-14(13)21-10-9-20-4/h5-8,16H,9-10,17H2,1-4H3. The maximum atomic E-state index is 6.47. The Labute approximate surface area is 125 Å². The Morgan fingerprint density at radius 1 is 1.24 bits per heavy atom. The average Bonchev–Trinajstić information content (AvgIpc) is 2.72. The summed E-state index contributed by atoms with van der Waals surface area (Å²) in [5, 5.41) is 4.44. The van der Waals surface area contributed by atoms with Gasteiger partial charge in [-0.25, -0.2) is 0 Å². The molecule has 2 aromatic rings. The van der Waals surface area contributed by atoms with Gasteiger partial charge in [0.1, 0.15) is 12.4 Å². The number of nitrogens with two attached hydrogens (primary N) is 1. The van der Waals surface area contributed by atoms with Gasteiger partial charge in [-0.05, 0) is 19.9 Å². The van der Waals surface area contributed by atoms with Crippen LogP contribution in [0.5, 0.6) is 5.75 Å². The highest BCUT2D eigenvalue weighted by molar-refractivity contribution is 5.43. The van der Waals surface area contributed by atoms with Crippen molar-refractivity contribution in [3.63, 3.8) is 0 Å². The zero-order valence-electron chi connectivity index (χ0n) is 13.1. The van der Waals surface area contributed by atoms with Crippen molar-refractivity contribution < 1.29 is 9.47 Å². The third kappa shape index (κ3) is 3.25. The molecule has 0 amide bonds. The monoisotopic (exact) mass is 289 g/mol. The number of benzene rings is 1. The Morgan fingerprint density at radius 3 is 2.57 bits per heavy atom. The number of ether oxygens (including phenoxy) is 2. The number of methoxy groups -OCH3 is 1. The van der Waals surface area contributed by atoms with Crippen molar-refractivity contribution in [3.8, 4) is 5.75 Å². The molecule has 2 rings (SSSR count). The Balaban J connectivity index is 2.32. The number of hydrogen-bond donors (Lipinski definition) is 1. The third-order valence-corrected chi connectivity index (χ3v) is 3.68. The van der Waals surface area contributed by atoms with Crippen LogP contribution in [0.25, 0.3) is 0 Å². The lowest BCUT2D eigenvalue weighted by molar-refractivity contribution is 0.145. The van der Waals surface area contributed by atoms with Crippen LogP contribution in [0.1, 0.15) is 28.6 Å². The molecule has 1 aromatic heterocycles. The summed E-state index contributed by atoms with van der Waals surface area (Å²) < 4.78 is 12.7. The van der Waals surface area contributed by atoms with Crippen LogP contribution in [0.15, 0.2) is 24.3 Å². The molecule has 0 fully saturated rings. The molecular weight excluding hydrogens is 266 g/mol. The van der Waals surface area contributed by atoms with E-state index in [1.165, 1.54) is 0 Å². The molecule has 0 bridgehead atoms. The van der Waals surface area contributed by atoms with E-state index in [0.717, 1.165) is 28.3 Å². The molecule has 1 unspecified atom stereocenters. The smallest absolute Gasteiger partial charge is 0.124 e. The van der Waals surface area contributed by atoms with Crippen molar-refractivity contribution in [2.75, 3.05) is 20.3 Å². The topological polar surface area (TPSA) is 62.3 Å². The van der Waals surface area contributed by atoms with E-state index in [4.69, 9.17) is 15.2 Å². The predicted molar refractivity (Wildman–Crippen MR) is 82.5 cm³/mol. The van der Waals surface area contributed by atoms with Crippen LogP contribution in [0.3, 0.4) is 0 Å². The second-order valence-corrected chi connectivity index (χ2v) is 5.06. The Morgan fingerprint density at radius 2 is 1.95 bits per heavy atom. The van der Waals surface area contributed by atoms with Crippen LogP contribution in [0.2, 0.25) is 0 Å². The molecule has 0 saturated heterocycles. The van der Waals surface area contributed by atoms with Crippen molar-refractivity contribution in [1.82, 2.24) is 9.78 Å². The number of aromatic nitrogens is 2. The summed E-state index contributed by atoms with van der Waals surface area (Å²) in [4.78, 5) is 0. The van der Waals surface area contributed by atoms with Crippen molar-refractivity contribution in [3.05, 3.63) is 46.8 Å². The summed E-state index contributed by atoms with van der Waals surface area (Å²) >= 11 is 0. The Bertz CT molecular complexity index is 608. The fraction of sp³-hybridized carbons (Fsp3) is 0.438. The first-order chi connectivity index (χ1) is 10.1. The minimum atomic E-state index is -0.252. The van der Waals surface area contributed by atoms with E-state index in [9.17, 15) is 0 Å². The lowest BCUT2D eigenvalue weighted by Gasteiger charge is -2.17. The maximum Gasteiger partial charge on any atom is 0.124 e. The van der Waals surface area contributed by atoms with Gasteiger partial charge in [-0.1, -0.05) is 18.2 Å². The lowest BCUT2D eigenvalue weighted by atomic mass is 9.97. The van der Waals surface area contributed by atoms with Gasteiger partial charge in [0.25, 0.3) is 0 Å². The minimum Gasteiger partial charge on any atom is -0.491 e. The van der Waals surface area contributed by atoms with E-state index in [1.807, 2.05) is 49.8 Å². The summed E-state index contributed by atoms with van der Waals surface area (Å²) in [5.74, 6) is 0.796. The van der Waals surface area contributed by atoms with Gasteiger partial charge in [0, 0.05) is 31.0 Å². The average molecular weight is 289 g/mol. The molecule has 0 saturated carbocycles. The number of hydrogen-bond acceptors (Lipinski definition) is 4. The molecule has 114 valence electrons. The molecule has 1 atom stereocenters. The number of nitrogens with zero attached hydrogens (tertiary/aromatic N) is 2. The van der Waals surface area contributed by atoms with Crippen molar-refractivity contribution >= 4 is 0 Å². The van der Waals surface area contributed by atoms with Crippen LogP contribution in [-0.2, 0) is 11.8 Å². The van der Waals surface area contributed by atoms with Crippen molar-refractivity contribution in [1.29, 1.82) is 0 Å². The first kappa shape index (κ1) is 15.5. The van der Waals surface area contributed by atoms with Crippen molar-refractivity contribution in [2.24, 2.45) is 12.8 Å². The van der Waals surface area contributed by atoms with Gasteiger partial charge in [-0.2, -0.15) is 5.10 Å². The van der Waals surface area contributed by atoms with Crippen LogP contribution in [0.4, 0.5) is 0 Å². The molecule has 0 radical (unpaired) electrons. The fourth-order valence-electron chi connectivity index (χ4n) is 2.50. The van der Waals surface area contributed by atoms with Crippen LogP contribution < -0.4 is 10.5 Å². The highest BCUT2D eigenvalue weighted by Crippen LogP contribution is 2.31. The molecule has 5 nitrogen and oxygen atoms in total. The van der Waals surface area contributed by atoms with Crippen LogP contribution in [0, 0.1) is 13.8 Å². The summed E-state index contributed by atoms with van der Waals surface area (Å²) in [7, 11) is 3.59. The molecule has 0 aliphatic carbocycles. The molecule has 2 N–H and O–H groups in total. The zero-order valence-corrected chi connectivity index (χ0v) is 13.1. The second kappa shape index (κ2) is 6.74. The largest absolute Gasteiger partial charge is 0.491 e. The molecule has 1 aromatic carbocycles. The van der Waals surface area contributed by atoms with E-state index < -0.39 is 0 Å². The lowest BCUT2D eigenvalue weighted by Crippen LogP contribution is -2.16. The van der Waals surface area contributed by atoms with Gasteiger partial charge >= 0.3 is 0 Å². The Hall–Kier alpha value is -1.85. The minimum absolute atomic E-state index is 0.252. The van der Waals surface area contributed by atoms with Gasteiger partial charge in [-0.15, -0.1) is 0 Å². The normalized spacial score (nSPS) is 12.4. The number of rotatable bonds is 6. The third-order valence-electron chi connectivity index (χ3n) is 3.68. The highest BCUT2D eigenvalue weighted by atomic mass is 16.5. The van der Waals surface area contributed by atoms with Gasteiger partial charge in [0.05, 0.1) is 18.3 Å². The summed E-state index contributed by atoms with van der Waals surface area (Å²) in [6.45, 7) is 5.07. The Kier molecular flexibility index (Phi) is 4.98. The molecule has 5 heteroatoms. The fourth-order valence-corrected chi connectivity index (χ4v) is 2.50. The second-order valence-electron chi connectivity index (χ2n) is 5.06. The molecule has 0 aliphatic heterocycles. The van der Waals surface area contributed by atoms with E-state index in [-0.39, 0.29) is 6.04 Å². The van der Waals surface area contributed by atoms with E-state index >= 15 is 0 Å². The van der Waals surface area contributed by atoms with E-state index in [1.54, 1.807) is 7.11 Å². The van der Waals surface area contributed by atoms with Crippen molar-refractivity contribution in [2.45, 2.75) is 19.9 Å². The summed E-state index contributed by atoms with van der Waals surface area (Å²) in [6.07, 6.45) is 0. The van der Waals surface area contributed by atoms with E-state index in [2.05, 4.69) is 5.10 Å². The van der Waals surface area contributed by atoms with Gasteiger partial charge < -0.3 is 15.2 Å². The SMILES string of the molecule is COCCOc1ccccc1C(N)c1c(C)nn(C)c1C. The summed E-state index contributed by atoms with van der Waals surface area (Å²) in [6, 6.07) is 7.60. The van der Waals surface area contributed by atoms with E-state index in [0.29, 0.717) is 13.2 Å². The number of aryl methyl sites for hydroxylation is 2. The van der Waals surface area contributed by atoms with Gasteiger partial charge in [-0.3, -0.25) is 4.68 Å². The molecular formula is C16H23N3O2. The predicted octanol–water partition coefficient (Wildman–Crippen LogP) is 2.11. The molecule has 0 aliphatic rings. The van der Waals surface area contributed by atoms with Gasteiger partial charge in [0.15, 0.2) is 0 Å². The highest BCUT2D eigenvalue weighted by Gasteiger charge is 2.21. The first-order valence-corrected chi connectivity index (χ1v) is 7.02. The molecule has 0 spiro atoms. The summed E-state index contributed by atoms with van der Waals surface area (Å²) in [5.41, 5.74) is 10.5. The first-order valence-electron chi connectivity index (χ1n) is 7.02.